The molecule has 3 aromatic rings. The lowest BCUT2D eigenvalue weighted by atomic mass is 10.1. The van der Waals surface area contributed by atoms with Crippen molar-refractivity contribution in [2.24, 2.45) is 0 Å². The van der Waals surface area contributed by atoms with E-state index < -0.39 is 28.5 Å². The molecular weight excluding hydrogens is 581 g/mol. The Labute approximate surface area is 244 Å². The molecule has 0 saturated carbocycles. The van der Waals surface area contributed by atoms with Gasteiger partial charge in [0, 0.05) is 18.1 Å². The van der Waals surface area contributed by atoms with Crippen LogP contribution in [0, 0.1) is 0 Å². The van der Waals surface area contributed by atoms with Crippen LogP contribution < -0.4 is 9.62 Å². The maximum absolute atomic E-state index is 13.9. The van der Waals surface area contributed by atoms with Crippen molar-refractivity contribution >= 4 is 62.3 Å². The molecular formula is C28H30Cl3N3O4S. The molecule has 0 aliphatic carbocycles. The molecule has 1 atom stereocenters. The second-order valence-electron chi connectivity index (χ2n) is 8.87. The van der Waals surface area contributed by atoms with E-state index in [1.165, 1.54) is 29.2 Å². The SMILES string of the molecule is CCCCNC(=O)[C@@H](C)N(Cc1cccc(Cl)c1)C(=O)CN(c1cccc(Cl)c1Cl)S(=O)(=O)c1ccccc1. The lowest BCUT2D eigenvalue weighted by Crippen LogP contribution is -2.51. The summed E-state index contributed by atoms with van der Waals surface area (Å²) in [5.41, 5.74) is 0.728. The van der Waals surface area contributed by atoms with Crippen molar-refractivity contribution < 1.29 is 18.0 Å². The number of amides is 2. The van der Waals surface area contributed by atoms with Crippen molar-refractivity contribution in [3.05, 3.63) is 93.4 Å². The number of rotatable bonds is 12. The number of nitrogens with zero attached hydrogens (tertiary/aromatic N) is 2. The molecule has 3 rings (SSSR count). The van der Waals surface area contributed by atoms with Gasteiger partial charge in [0.15, 0.2) is 0 Å². The Balaban J connectivity index is 2.03. The second-order valence-corrected chi connectivity index (χ2v) is 12.0. The summed E-state index contributed by atoms with van der Waals surface area (Å²) in [6.07, 6.45) is 1.68. The first kappa shape index (κ1) is 30.8. The molecule has 2 amide bonds. The van der Waals surface area contributed by atoms with Crippen LogP contribution in [-0.2, 0) is 26.2 Å². The summed E-state index contributed by atoms with van der Waals surface area (Å²) in [5.74, 6) is -0.958. The first-order chi connectivity index (χ1) is 18.6. The molecule has 0 saturated heterocycles. The van der Waals surface area contributed by atoms with Gasteiger partial charge in [-0.3, -0.25) is 13.9 Å². The van der Waals surface area contributed by atoms with Gasteiger partial charge in [-0.2, -0.15) is 0 Å². The predicted octanol–water partition coefficient (Wildman–Crippen LogP) is 6.18. The predicted molar refractivity (Wildman–Crippen MR) is 157 cm³/mol. The van der Waals surface area contributed by atoms with Crippen molar-refractivity contribution in [2.45, 2.75) is 44.2 Å². The number of halogens is 3. The van der Waals surface area contributed by atoms with E-state index in [-0.39, 0.29) is 33.1 Å². The maximum atomic E-state index is 13.9. The average Bonchev–Trinajstić information content (AvgIpc) is 2.92. The van der Waals surface area contributed by atoms with Crippen LogP contribution >= 0.6 is 34.8 Å². The quantitative estimate of drug-likeness (QED) is 0.248. The summed E-state index contributed by atoms with van der Waals surface area (Å²) >= 11 is 18.8. The van der Waals surface area contributed by atoms with E-state index in [4.69, 9.17) is 34.8 Å². The van der Waals surface area contributed by atoms with Crippen LogP contribution in [0.15, 0.2) is 77.7 Å². The van der Waals surface area contributed by atoms with E-state index in [0.29, 0.717) is 17.1 Å². The molecule has 208 valence electrons. The minimum absolute atomic E-state index is 0.0155. The number of carbonyl (C=O) groups excluding carboxylic acids is 2. The molecule has 0 aromatic heterocycles. The molecule has 0 fully saturated rings. The number of sulfonamides is 1. The fourth-order valence-corrected chi connectivity index (χ4v) is 5.98. The minimum atomic E-state index is -4.24. The first-order valence-electron chi connectivity index (χ1n) is 12.4. The molecule has 0 heterocycles. The summed E-state index contributed by atoms with van der Waals surface area (Å²) < 4.78 is 28.5. The number of anilines is 1. The van der Waals surface area contributed by atoms with Crippen LogP contribution in [0.25, 0.3) is 0 Å². The molecule has 0 aliphatic heterocycles. The summed E-state index contributed by atoms with van der Waals surface area (Å²) in [5, 5.41) is 3.43. The highest BCUT2D eigenvalue weighted by atomic mass is 35.5. The number of hydrogen-bond donors (Lipinski definition) is 1. The van der Waals surface area contributed by atoms with Gasteiger partial charge in [0.2, 0.25) is 11.8 Å². The Kier molecular flexibility index (Phi) is 11.1. The third-order valence-electron chi connectivity index (χ3n) is 6.05. The van der Waals surface area contributed by atoms with E-state index in [1.807, 2.05) is 6.92 Å². The number of unbranched alkanes of at least 4 members (excludes halogenated alkanes) is 1. The molecule has 0 unspecified atom stereocenters. The molecule has 39 heavy (non-hydrogen) atoms. The maximum Gasteiger partial charge on any atom is 0.264 e. The minimum Gasteiger partial charge on any atom is -0.354 e. The Morgan fingerprint density at radius 1 is 0.949 bits per heavy atom. The fraction of sp³-hybridized carbons (Fsp3) is 0.286. The molecule has 0 radical (unpaired) electrons. The van der Waals surface area contributed by atoms with E-state index >= 15 is 0 Å². The van der Waals surface area contributed by atoms with Gasteiger partial charge in [-0.05, 0) is 55.3 Å². The van der Waals surface area contributed by atoms with Crippen molar-refractivity contribution in [2.75, 3.05) is 17.4 Å². The number of benzene rings is 3. The normalized spacial score (nSPS) is 12.0. The molecule has 7 nitrogen and oxygen atoms in total. The monoisotopic (exact) mass is 609 g/mol. The van der Waals surface area contributed by atoms with Crippen LogP contribution in [0.5, 0.6) is 0 Å². The number of carbonyl (C=O) groups is 2. The third-order valence-corrected chi connectivity index (χ3v) is 8.87. The second kappa shape index (κ2) is 14.0. The van der Waals surface area contributed by atoms with Crippen LogP contribution in [0.1, 0.15) is 32.3 Å². The van der Waals surface area contributed by atoms with Crippen molar-refractivity contribution in [3.63, 3.8) is 0 Å². The molecule has 11 heteroatoms. The lowest BCUT2D eigenvalue weighted by Gasteiger charge is -2.32. The van der Waals surface area contributed by atoms with Gasteiger partial charge in [-0.25, -0.2) is 8.42 Å². The molecule has 0 aliphatic rings. The van der Waals surface area contributed by atoms with Crippen molar-refractivity contribution in [1.82, 2.24) is 10.2 Å². The van der Waals surface area contributed by atoms with Crippen LogP contribution in [0.3, 0.4) is 0 Å². The van der Waals surface area contributed by atoms with Crippen molar-refractivity contribution in [1.29, 1.82) is 0 Å². The third kappa shape index (κ3) is 7.88. The molecule has 0 spiro atoms. The van der Waals surface area contributed by atoms with Gasteiger partial charge < -0.3 is 10.2 Å². The Hall–Kier alpha value is -2.78. The average molecular weight is 611 g/mol. The van der Waals surface area contributed by atoms with Crippen LogP contribution in [-0.4, -0.2) is 44.3 Å². The van der Waals surface area contributed by atoms with E-state index in [2.05, 4.69) is 5.32 Å². The fourth-order valence-electron chi connectivity index (χ4n) is 3.87. The highest BCUT2D eigenvalue weighted by molar-refractivity contribution is 7.92. The van der Waals surface area contributed by atoms with Gasteiger partial charge in [0.1, 0.15) is 12.6 Å². The molecule has 1 N–H and O–H groups in total. The number of hydrogen-bond acceptors (Lipinski definition) is 4. The Bertz CT molecular complexity index is 1400. The first-order valence-corrected chi connectivity index (χ1v) is 15.0. The smallest absolute Gasteiger partial charge is 0.264 e. The summed E-state index contributed by atoms with van der Waals surface area (Å²) in [7, 11) is -4.24. The van der Waals surface area contributed by atoms with Gasteiger partial charge in [-0.15, -0.1) is 0 Å². The molecule has 0 bridgehead atoms. The number of nitrogens with one attached hydrogen (secondary N) is 1. The van der Waals surface area contributed by atoms with E-state index in [9.17, 15) is 18.0 Å². The van der Waals surface area contributed by atoms with Gasteiger partial charge >= 0.3 is 0 Å². The highest BCUT2D eigenvalue weighted by Crippen LogP contribution is 2.35. The van der Waals surface area contributed by atoms with Crippen LogP contribution in [0.4, 0.5) is 5.69 Å². The van der Waals surface area contributed by atoms with E-state index in [1.54, 1.807) is 55.5 Å². The molecule has 3 aromatic carbocycles. The largest absolute Gasteiger partial charge is 0.354 e. The zero-order valence-electron chi connectivity index (χ0n) is 21.6. The van der Waals surface area contributed by atoms with Gasteiger partial charge in [0.25, 0.3) is 10.0 Å². The Morgan fingerprint density at radius 2 is 1.64 bits per heavy atom. The Morgan fingerprint density at radius 3 is 2.31 bits per heavy atom. The standard InChI is InChI=1S/C28H30Cl3N3O4S/c1-3-4-16-32-28(36)20(2)33(18-21-10-8-11-22(29)17-21)26(35)19-34(25-15-9-14-24(30)27(25)31)39(37,38)23-12-6-5-7-13-23/h5-15,17,20H,3-4,16,18-19H2,1-2H3,(H,32,36)/t20-/m1/s1. The zero-order valence-corrected chi connectivity index (χ0v) is 24.7. The van der Waals surface area contributed by atoms with Crippen LogP contribution in [0.2, 0.25) is 15.1 Å². The summed E-state index contributed by atoms with van der Waals surface area (Å²) in [4.78, 5) is 28.2. The topological polar surface area (TPSA) is 86.8 Å². The lowest BCUT2D eigenvalue weighted by molar-refractivity contribution is -0.139. The summed E-state index contributed by atoms with van der Waals surface area (Å²) in [6.45, 7) is 3.49. The van der Waals surface area contributed by atoms with Gasteiger partial charge in [0.05, 0.1) is 20.6 Å². The highest BCUT2D eigenvalue weighted by Gasteiger charge is 2.33. The van der Waals surface area contributed by atoms with E-state index in [0.717, 1.165) is 17.1 Å². The van der Waals surface area contributed by atoms with Crippen molar-refractivity contribution in [3.8, 4) is 0 Å². The zero-order chi connectivity index (χ0) is 28.6. The summed E-state index contributed by atoms with van der Waals surface area (Å²) in [6, 6.07) is 18.3. The van der Waals surface area contributed by atoms with Gasteiger partial charge in [-0.1, -0.05) is 84.5 Å².